The quantitative estimate of drug-likeness (QED) is 0.358. The summed E-state index contributed by atoms with van der Waals surface area (Å²) in [6.45, 7) is 1.88. The van der Waals surface area contributed by atoms with Crippen LogP contribution in [-0.4, -0.2) is 11.7 Å². The van der Waals surface area contributed by atoms with Gasteiger partial charge in [0.25, 0.3) is 16.6 Å². The first-order chi connectivity index (χ1) is 5.18. The van der Waals surface area contributed by atoms with Crippen molar-refractivity contribution < 1.29 is 14.9 Å². The van der Waals surface area contributed by atoms with Gasteiger partial charge in [0.2, 0.25) is 5.75 Å². The Hall–Kier alpha value is -1.36. The second-order valence-corrected chi connectivity index (χ2v) is 1.83. The van der Waals surface area contributed by atoms with Gasteiger partial charge in [0, 0.05) is 0 Å². The molecule has 1 aromatic rings. The van der Waals surface area contributed by atoms with Crippen LogP contribution in [0.4, 0.5) is 0 Å². The highest BCUT2D eigenvalue weighted by atomic mass is 17.2. The third-order valence-corrected chi connectivity index (χ3v) is 1.10. The van der Waals surface area contributed by atoms with E-state index in [0.717, 1.165) is 0 Å². The first kappa shape index (κ1) is 7.74. The maximum Gasteiger partial charge on any atom is 0.279 e. The van der Waals surface area contributed by atoms with Crippen LogP contribution in [0.2, 0.25) is 0 Å². The molecular formula is C6H6O5. The van der Waals surface area contributed by atoms with Crippen LogP contribution in [0.5, 0.6) is 11.5 Å². The fourth-order valence-electron chi connectivity index (χ4n) is 0.554. The van der Waals surface area contributed by atoms with Crippen LogP contribution in [0.15, 0.2) is 9.59 Å². The van der Waals surface area contributed by atoms with Gasteiger partial charge in [0.15, 0.2) is 0 Å². The number of hydrogen-bond donors (Lipinski definition) is 1. The van der Waals surface area contributed by atoms with Crippen molar-refractivity contribution in [3.8, 4) is 11.5 Å². The minimum Gasteiger partial charge on any atom is -0.501 e. The molecule has 0 atom stereocenters. The first-order valence-electron chi connectivity index (χ1n) is 3.00. The van der Waals surface area contributed by atoms with Gasteiger partial charge in [-0.15, -0.1) is 0 Å². The lowest BCUT2D eigenvalue weighted by Crippen LogP contribution is -2.31. The van der Waals surface area contributed by atoms with Crippen molar-refractivity contribution in [2.75, 3.05) is 6.61 Å². The fraction of sp³-hybridized carbons (Fsp3) is 0.333. The van der Waals surface area contributed by atoms with Crippen molar-refractivity contribution in [2.24, 2.45) is 0 Å². The van der Waals surface area contributed by atoms with Crippen molar-refractivity contribution in [1.82, 2.24) is 0 Å². The van der Waals surface area contributed by atoms with Crippen LogP contribution < -0.4 is 15.7 Å². The van der Waals surface area contributed by atoms with Crippen LogP contribution >= 0.6 is 0 Å². The van der Waals surface area contributed by atoms with Gasteiger partial charge < -0.3 is 9.99 Å². The molecule has 1 aromatic carbocycles. The lowest BCUT2D eigenvalue weighted by atomic mass is 10.2. The Morgan fingerprint density at radius 2 is 2.00 bits per heavy atom. The predicted octanol–water partition coefficient (Wildman–Crippen LogP) is -0.681. The van der Waals surface area contributed by atoms with Crippen LogP contribution in [-0.2, 0) is 4.89 Å². The Morgan fingerprint density at radius 3 is 2.45 bits per heavy atom. The fourth-order valence-corrected chi connectivity index (χ4v) is 0.554. The first-order valence-corrected chi connectivity index (χ1v) is 3.00. The summed E-state index contributed by atoms with van der Waals surface area (Å²) in [6, 6.07) is 0. The van der Waals surface area contributed by atoms with E-state index in [1.54, 1.807) is 6.92 Å². The van der Waals surface area contributed by atoms with E-state index >= 15 is 0 Å². The number of hydrogen-bond acceptors (Lipinski definition) is 5. The molecule has 5 nitrogen and oxygen atoms in total. The normalized spacial score (nSPS) is 10.3. The molecule has 0 aliphatic carbocycles. The molecule has 1 rings (SSSR count). The zero-order valence-corrected chi connectivity index (χ0v) is 5.79. The molecule has 0 fully saturated rings. The molecular weight excluding hydrogens is 152 g/mol. The zero-order valence-electron chi connectivity index (χ0n) is 5.79. The highest BCUT2D eigenvalue weighted by molar-refractivity contribution is 5.43. The summed E-state index contributed by atoms with van der Waals surface area (Å²) in [5.74, 6) is -1.07. The second kappa shape index (κ2) is 2.71. The molecule has 0 unspecified atom stereocenters. The lowest BCUT2D eigenvalue weighted by Gasteiger charge is -2.03. The van der Waals surface area contributed by atoms with Crippen LogP contribution in [0.1, 0.15) is 6.92 Å². The third kappa shape index (κ3) is 1.10. The summed E-state index contributed by atoms with van der Waals surface area (Å²) in [4.78, 5) is 29.5. The topological polar surface area (TPSA) is 72.8 Å². The van der Waals surface area contributed by atoms with Crippen molar-refractivity contribution in [3.05, 3.63) is 20.4 Å². The Kier molecular flexibility index (Phi) is 1.91. The highest BCUT2D eigenvalue weighted by Crippen LogP contribution is 2.17. The van der Waals surface area contributed by atoms with E-state index in [4.69, 9.17) is 5.11 Å². The zero-order chi connectivity index (χ0) is 8.43. The summed E-state index contributed by atoms with van der Waals surface area (Å²) in [6.07, 6.45) is 0. The predicted molar refractivity (Wildman–Crippen MR) is 35.3 cm³/mol. The largest absolute Gasteiger partial charge is 0.501 e. The molecule has 0 saturated carbocycles. The maximum atomic E-state index is 10.5. The molecule has 0 radical (unpaired) electrons. The summed E-state index contributed by atoms with van der Waals surface area (Å²) in [5.41, 5.74) is -1.78. The van der Waals surface area contributed by atoms with E-state index in [9.17, 15) is 9.59 Å². The van der Waals surface area contributed by atoms with Crippen LogP contribution in [0.3, 0.4) is 0 Å². The molecule has 0 saturated heterocycles. The molecule has 0 spiro atoms. The van der Waals surface area contributed by atoms with Crippen molar-refractivity contribution in [2.45, 2.75) is 6.92 Å². The SMILES string of the molecule is CCOOc1c(O)c(=O)c1=O. The number of rotatable bonds is 3. The Balaban J connectivity index is 2.75. The van der Waals surface area contributed by atoms with Gasteiger partial charge in [-0.1, -0.05) is 0 Å². The van der Waals surface area contributed by atoms with Gasteiger partial charge >= 0.3 is 0 Å². The Labute approximate surface area is 61.4 Å². The number of aromatic hydroxyl groups is 1. The minimum atomic E-state index is -0.931. The molecule has 5 heteroatoms. The van der Waals surface area contributed by atoms with E-state index in [0.29, 0.717) is 0 Å². The summed E-state index contributed by atoms with van der Waals surface area (Å²) in [7, 11) is 0. The van der Waals surface area contributed by atoms with E-state index in [-0.39, 0.29) is 6.61 Å². The van der Waals surface area contributed by atoms with E-state index in [2.05, 4.69) is 9.78 Å². The minimum absolute atomic E-state index is 0.234. The van der Waals surface area contributed by atoms with Crippen LogP contribution in [0, 0.1) is 0 Å². The monoisotopic (exact) mass is 158 g/mol. The summed E-state index contributed by atoms with van der Waals surface area (Å²) >= 11 is 0. The van der Waals surface area contributed by atoms with Gasteiger partial charge in [-0.25, -0.2) is 0 Å². The summed E-state index contributed by atoms with van der Waals surface area (Å²) in [5, 5.41) is 8.68. The highest BCUT2D eigenvalue weighted by Gasteiger charge is 2.22. The van der Waals surface area contributed by atoms with Gasteiger partial charge in [0.1, 0.15) is 0 Å². The van der Waals surface area contributed by atoms with Crippen molar-refractivity contribution in [1.29, 1.82) is 0 Å². The molecule has 60 valence electrons. The maximum absolute atomic E-state index is 10.5. The standard InChI is InChI=1S/C6H6O5/c1-2-10-11-6-4(8)3(7)5(6)9/h8H,2H2,1H3. The van der Waals surface area contributed by atoms with Gasteiger partial charge in [0.05, 0.1) is 6.61 Å². The average molecular weight is 158 g/mol. The van der Waals surface area contributed by atoms with E-state index in [1.807, 2.05) is 0 Å². The van der Waals surface area contributed by atoms with E-state index in [1.165, 1.54) is 0 Å². The average Bonchev–Trinajstić information content (AvgIpc) is 2.04. The van der Waals surface area contributed by atoms with Gasteiger partial charge in [-0.3, -0.25) is 9.59 Å². The van der Waals surface area contributed by atoms with Crippen molar-refractivity contribution in [3.63, 3.8) is 0 Å². The Morgan fingerprint density at radius 1 is 1.36 bits per heavy atom. The third-order valence-electron chi connectivity index (χ3n) is 1.10. The lowest BCUT2D eigenvalue weighted by molar-refractivity contribution is -0.204. The molecule has 0 aliphatic heterocycles. The summed E-state index contributed by atoms with van der Waals surface area (Å²) < 4.78 is 0. The molecule has 1 N–H and O–H groups in total. The molecule has 0 bridgehead atoms. The molecule has 0 heterocycles. The smallest absolute Gasteiger partial charge is 0.279 e. The molecule has 0 amide bonds. The van der Waals surface area contributed by atoms with Crippen LogP contribution in [0.25, 0.3) is 0 Å². The van der Waals surface area contributed by atoms with Crippen molar-refractivity contribution >= 4 is 0 Å². The van der Waals surface area contributed by atoms with Gasteiger partial charge in [-0.2, -0.15) is 4.89 Å². The molecule has 0 aromatic heterocycles. The second-order valence-electron chi connectivity index (χ2n) is 1.83. The molecule has 11 heavy (non-hydrogen) atoms. The Bertz CT molecular complexity index is 319. The van der Waals surface area contributed by atoms with E-state index < -0.39 is 22.4 Å². The molecule has 0 aliphatic rings. The van der Waals surface area contributed by atoms with Gasteiger partial charge in [-0.05, 0) is 6.92 Å².